The van der Waals surface area contributed by atoms with E-state index in [1.165, 1.54) is 0 Å². The number of halogens is 1. The minimum Gasteiger partial charge on any atom is -0.212 e. The molecule has 0 unspecified atom stereocenters. The Morgan fingerprint density at radius 1 is 1.09 bits per heavy atom. The van der Waals surface area contributed by atoms with E-state index >= 15 is 0 Å². The number of sulfonamides is 1. The van der Waals surface area contributed by atoms with E-state index in [4.69, 9.17) is 11.6 Å². The van der Waals surface area contributed by atoms with E-state index in [2.05, 4.69) is 4.72 Å². The molecule has 0 fully saturated rings. The zero-order valence-corrected chi connectivity index (χ0v) is 14.3. The maximum Gasteiger partial charge on any atom is 0.216 e. The van der Waals surface area contributed by atoms with Crippen molar-refractivity contribution in [2.45, 2.75) is 32.1 Å². The lowest BCUT2D eigenvalue weighted by molar-refractivity contribution is 0.549. The third-order valence-corrected chi connectivity index (χ3v) is 5.22. The second-order valence-electron chi connectivity index (χ2n) is 5.34. The lowest BCUT2D eigenvalue weighted by Gasteiger charge is -2.18. The summed E-state index contributed by atoms with van der Waals surface area (Å²) in [6.07, 6.45) is 0.685. The molecule has 1 N–H and O–H groups in total. The molecule has 0 aromatic heterocycles. The Kier molecular flexibility index (Phi) is 5.62. The summed E-state index contributed by atoms with van der Waals surface area (Å²) in [6, 6.07) is 14.7. The second-order valence-corrected chi connectivity index (χ2v) is 7.50. The van der Waals surface area contributed by atoms with E-state index in [1.54, 1.807) is 24.3 Å². The van der Waals surface area contributed by atoms with Crippen molar-refractivity contribution in [3.05, 3.63) is 70.2 Å². The summed E-state index contributed by atoms with van der Waals surface area (Å²) in [7, 11) is -3.46. The highest BCUT2D eigenvalue weighted by Gasteiger charge is 2.19. The number of aryl methyl sites for hydroxylation is 1. The standard InChI is InChI=1S/C17H20ClNO2S/c1-3-17(14-10-8-13(2)9-11-14)19-22(20,21)12-15-6-4-5-7-16(15)18/h4-11,17,19H,3,12H2,1-2H3/t17-/m0/s1. The highest BCUT2D eigenvalue weighted by molar-refractivity contribution is 7.88. The summed E-state index contributed by atoms with van der Waals surface area (Å²) in [5.74, 6) is -0.116. The Bertz CT molecular complexity index is 727. The highest BCUT2D eigenvalue weighted by Crippen LogP contribution is 2.21. The first-order valence-corrected chi connectivity index (χ1v) is 9.24. The SMILES string of the molecule is CC[C@H](NS(=O)(=O)Cc1ccccc1Cl)c1ccc(C)cc1. The van der Waals surface area contributed by atoms with Gasteiger partial charge in [-0.1, -0.05) is 66.6 Å². The van der Waals surface area contributed by atoms with Crippen LogP contribution in [0.2, 0.25) is 5.02 Å². The molecule has 2 aromatic carbocycles. The number of benzene rings is 2. The lowest BCUT2D eigenvalue weighted by Crippen LogP contribution is -2.29. The zero-order valence-electron chi connectivity index (χ0n) is 12.7. The van der Waals surface area contributed by atoms with Gasteiger partial charge < -0.3 is 0 Å². The van der Waals surface area contributed by atoms with Gasteiger partial charge in [0.15, 0.2) is 0 Å². The first-order chi connectivity index (χ1) is 10.4. The van der Waals surface area contributed by atoms with Gasteiger partial charge in [0.25, 0.3) is 0 Å². The molecule has 0 bridgehead atoms. The first-order valence-electron chi connectivity index (χ1n) is 7.21. The van der Waals surface area contributed by atoms with Gasteiger partial charge in [-0.25, -0.2) is 13.1 Å². The summed E-state index contributed by atoms with van der Waals surface area (Å²) in [5.41, 5.74) is 2.73. The van der Waals surface area contributed by atoms with Crippen LogP contribution in [-0.2, 0) is 15.8 Å². The molecule has 5 heteroatoms. The molecular formula is C17H20ClNO2S. The Balaban J connectivity index is 2.16. The minimum absolute atomic E-state index is 0.116. The molecule has 0 saturated heterocycles. The van der Waals surface area contributed by atoms with Crippen LogP contribution in [0.15, 0.2) is 48.5 Å². The third kappa shape index (κ3) is 4.57. The van der Waals surface area contributed by atoms with Crippen LogP contribution in [0.3, 0.4) is 0 Å². The van der Waals surface area contributed by atoms with Gasteiger partial charge in [0, 0.05) is 11.1 Å². The van der Waals surface area contributed by atoms with Gasteiger partial charge in [0.05, 0.1) is 5.75 Å². The van der Waals surface area contributed by atoms with E-state index < -0.39 is 10.0 Å². The van der Waals surface area contributed by atoms with Crippen LogP contribution in [0.25, 0.3) is 0 Å². The van der Waals surface area contributed by atoms with Crippen molar-refractivity contribution in [2.75, 3.05) is 0 Å². The molecule has 2 aromatic rings. The van der Waals surface area contributed by atoms with Crippen LogP contribution in [0.4, 0.5) is 0 Å². The van der Waals surface area contributed by atoms with Crippen molar-refractivity contribution in [3.63, 3.8) is 0 Å². The van der Waals surface area contributed by atoms with Gasteiger partial charge in [0.1, 0.15) is 0 Å². The van der Waals surface area contributed by atoms with Crippen molar-refractivity contribution >= 4 is 21.6 Å². The van der Waals surface area contributed by atoms with Crippen molar-refractivity contribution < 1.29 is 8.42 Å². The monoisotopic (exact) mass is 337 g/mol. The third-order valence-electron chi connectivity index (χ3n) is 3.51. The van der Waals surface area contributed by atoms with E-state index in [1.807, 2.05) is 38.1 Å². The fourth-order valence-corrected chi connectivity index (χ4v) is 4.03. The van der Waals surface area contributed by atoms with Crippen molar-refractivity contribution in [3.8, 4) is 0 Å². The van der Waals surface area contributed by atoms with E-state index in [0.717, 1.165) is 11.1 Å². The molecule has 0 heterocycles. The molecule has 0 aliphatic carbocycles. The molecule has 22 heavy (non-hydrogen) atoms. The topological polar surface area (TPSA) is 46.2 Å². The van der Waals surface area contributed by atoms with Crippen LogP contribution in [-0.4, -0.2) is 8.42 Å². The van der Waals surface area contributed by atoms with Crippen LogP contribution < -0.4 is 4.72 Å². The average Bonchev–Trinajstić information content (AvgIpc) is 2.48. The maximum atomic E-state index is 12.4. The van der Waals surface area contributed by atoms with Gasteiger partial charge in [-0.15, -0.1) is 0 Å². The normalized spacial score (nSPS) is 13.0. The number of hydrogen-bond donors (Lipinski definition) is 1. The minimum atomic E-state index is -3.46. The number of rotatable bonds is 6. The lowest BCUT2D eigenvalue weighted by atomic mass is 10.0. The predicted octanol–water partition coefficient (Wildman–Crippen LogP) is 4.22. The molecule has 3 nitrogen and oxygen atoms in total. The van der Waals surface area contributed by atoms with Gasteiger partial charge in [-0.2, -0.15) is 0 Å². The summed E-state index contributed by atoms with van der Waals surface area (Å²) >= 11 is 6.04. The van der Waals surface area contributed by atoms with Gasteiger partial charge >= 0.3 is 0 Å². The fourth-order valence-electron chi connectivity index (χ4n) is 2.26. The highest BCUT2D eigenvalue weighted by atomic mass is 35.5. The second kappa shape index (κ2) is 7.27. The first kappa shape index (κ1) is 17.0. The van der Waals surface area contributed by atoms with E-state index in [0.29, 0.717) is 17.0 Å². The van der Waals surface area contributed by atoms with Crippen LogP contribution in [0.5, 0.6) is 0 Å². The van der Waals surface area contributed by atoms with Crippen LogP contribution >= 0.6 is 11.6 Å². The Hall–Kier alpha value is -1.36. The predicted molar refractivity (Wildman–Crippen MR) is 91.4 cm³/mol. The van der Waals surface area contributed by atoms with Crippen molar-refractivity contribution in [1.29, 1.82) is 0 Å². The largest absolute Gasteiger partial charge is 0.216 e. The molecule has 2 rings (SSSR count). The molecule has 1 atom stereocenters. The van der Waals surface area contributed by atoms with Gasteiger partial charge in [-0.3, -0.25) is 0 Å². The van der Waals surface area contributed by atoms with Crippen molar-refractivity contribution in [2.24, 2.45) is 0 Å². The summed E-state index contributed by atoms with van der Waals surface area (Å²) in [5, 5.41) is 0.469. The fraction of sp³-hybridized carbons (Fsp3) is 0.294. The molecule has 0 aliphatic rings. The van der Waals surface area contributed by atoms with Gasteiger partial charge in [-0.05, 0) is 30.5 Å². The zero-order chi connectivity index (χ0) is 16.2. The Labute approximate surface area is 137 Å². The summed E-state index contributed by atoms with van der Waals surface area (Å²) < 4.78 is 27.6. The molecule has 0 saturated carbocycles. The quantitative estimate of drug-likeness (QED) is 0.857. The summed E-state index contributed by atoms with van der Waals surface area (Å²) in [4.78, 5) is 0. The molecule has 0 aliphatic heterocycles. The van der Waals surface area contributed by atoms with E-state index in [-0.39, 0.29) is 11.8 Å². The maximum absolute atomic E-state index is 12.4. The Morgan fingerprint density at radius 3 is 2.32 bits per heavy atom. The molecule has 0 amide bonds. The van der Waals surface area contributed by atoms with Gasteiger partial charge in [0.2, 0.25) is 10.0 Å². The molecule has 0 radical (unpaired) electrons. The number of nitrogens with one attached hydrogen (secondary N) is 1. The molecule has 0 spiro atoms. The number of hydrogen-bond acceptors (Lipinski definition) is 2. The van der Waals surface area contributed by atoms with Crippen LogP contribution in [0.1, 0.15) is 36.1 Å². The Morgan fingerprint density at radius 2 is 1.73 bits per heavy atom. The van der Waals surface area contributed by atoms with Crippen LogP contribution in [0, 0.1) is 6.92 Å². The molecule has 118 valence electrons. The van der Waals surface area contributed by atoms with E-state index in [9.17, 15) is 8.42 Å². The molecular weight excluding hydrogens is 318 g/mol. The van der Waals surface area contributed by atoms with Crippen molar-refractivity contribution in [1.82, 2.24) is 4.72 Å². The average molecular weight is 338 g/mol. The summed E-state index contributed by atoms with van der Waals surface area (Å²) in [6.45, 7) is 3.97. The smallest absolute Gasteiger partial charge is 0.212 e.